The Balaban J connectivity index is 1.79. The summed E-state index contributed by atoms with van der Waals surface area (Å²) in [4.78, 5) is 0.0167. The van der Waals surface area contributed by atoms with Crippen LogP contribution < -0.4 is 15.2 Å². The maximum Gasteiger partial charge on any atom is 0.264 e. The molecule has 0 aliphatic carbocycles. The fourth-order valence-corrected chi connectivity index (χ4v) is 6.66. The first-order valence-corrected chi connectivity index (χ1v) is 13.9. The second-order valence-corrected chi connectivity index (χ2v) is 11.5. The molecule has 3 aromatic rings. The van der Waals surface area contributed by atoms with Gasteiger partial charge in [-0.1, -0.05) is 42.5 Å². The highest BCUT2D eigenvalue weighted by molar-refractivity contribution is 7.92. The zero-order chi connectivity index (χ0) is 25.2. The van der Waals surface area contributed by atoms with Crippen molar-refractivity contribution in [3.8, 4) is 11.1 Å². The molecule has 4 rings (SSSR count). The summed E-state index contributed by atoms with van der Waals surface area (Å²) in [6.45, 7) is 0.869. The Morgan fingerprint density at radius 3 is 2.20 bits per heavy atom. The molecule has 1 heterocycles. The van der Waals surface area contributed by atoms with Crippen molar-refractivity contribution in [3.63, 3.8) is 0 Å². The minimum absolute atomic E-state index is 0.0114. The van der Waals surface area contributed by atoms with Crippen LogP contribution in [0.25, 0.3) is 11.1 Å². The summed E-state index contributed by atoms with van der Waals surface area (Å²) in [7, 11) is -7.95. The van der Waals surface area contributed by atoms with Gasteiger partial charge in [-0.15, -0.1) is 0 Å². The fraction of sp³-hybridized carbons (Fsp3) is 0.208. The molecule has 0 aromatic heterocycles. The van der Waals surface area contributed by atoms with E-state index < -0.39 is 20.0 Å². The molecule has 3 aromatic carbocycles. The number of nitrogens with zero attached hydrogens (tertiary/aromatic N) is 1. The molecule has 1 fully saturated rings. The third-order valence-electron chi connectivity index (χ3n) is 5.85. The lowest BCUT2D eigenvalue weighted by Gasteiger charge is -2.35. The minimum atomic E-state index is -4.01. The first kappa shape index (κ1) is 24.9. The number of benzene rings is 3. The standard InChI is InChI=1S/C24H26N4O5S2/c25-24(26)18-4-3-5-21(16-18)35(31,32)28(20-12-14-33-15-13-20)19-10-8-17(9-11-19)22-6-1-2-7-23(22)34(27,29)30/h1-11,16,20H,12-15H2,(H3,25,26)(H2,27,29,30). The Kier molecular flexibility index (Phi) is 6.95. The smallest absolute Gasteiger partial charge is 0.264 e. The van der Waals surface area contributed by atoms with E-state index >= 15 is 0 Å². The van der Waals surface area contributed by atoms with Gasteiger partial charge in [0.05, 0.1) is 15.5 Å². The van der Waals surface area contributed by atoms with Gasteiger partial charge in [0.1, 0.15) is 5.84 Å². The molecular weight excluding hydrogens is 488 g/mol. The molecule has 9 nitrogen and oxygen atoms in total. The van der Waals surface area contributed by atoms with Crippen LogP contribution in [0.1, 0.15) is 18.4 Å². The number of nitrogens with one attached hydrogen (secondary N) is 1. The van der Waals surface area contributed by atoms with E-state index in [1.165, 1.54) is 22.5 Å². The van der Waals surface area contributed by atoms with Crippen LogP contribution >= 0.6 is 0 Å². The van der Waals surface area contributed by atoms with Gasteiger partial charge in [-0.2, -0.15) is 0 Å². The van der Waals surface area contributed by atoms with Crippen LogP contribution in [0.2, 0.25) is 0 Å². The van der Waals surface area contributed by atoms with Crippen LogP contribution in [0.5, 0.6) is 0 Å². The van der Waals surface area contributed by atoms with Crippen LogP contribution in [0.15, 0.2) is 82.6 Å². The zero-order valence-corrected chi connectivity index (χ0v) is 20.4. The third-order valence-corrected chi connectivity index (χ3v) is 8.70. The largest absolute Gasteiger partial charge is 0.384 e. The SMILES string of the molecule is N=C(N)c1cccc(S(=O)(=O)N(c2ccc(-c3ccccc3S(N)(=O)=O)cc2)C2CCOCC2)c1. The second kappa shape index (κ2) is 9.78. The molecule has 0 bridgehead atoms. The highest BCUT2D eigenvalue weighted by atomic mass is 32.2. The molecule has 1 aliphatic heterocycles. The molecule has 5 N–H and O–H groups in total. The average Bonchev–Trinajstić information content (AvgIpc) is 2.85. The van der Waals surface area contributed by atoms with Crippen LogP contribution in [0, 0.1) is 5.41 Å². The molecule has 184 valence electrons. The van der Waals surface area contributed by atoms with Crippen molar-refractivity contribution in [1.82, 2.24) is 0 Å². The van der Waals surface area contributed by atoms with E-state index in [1.54, 1.807) is 54.6 Å². The normalized spacial score (nSPS) is 15.0. The fourth-order valence-electron chi connectivity index (χ4n) is 4.14. The summed E-state index contributed by atoms with van der Waals surface area (Å²) in [5.74, 6) is -0.224. The lowest BCUT2D eigenvalue weighted by Crippen LogP contribution is -2.43. The van der Waals surface area contributed by atoms with Gasteiger partial charge in [-0.25, -0.2) is 22.0 Å². The van der Waals surface area contributed by atoms with Crippen molar-refractivity contribution >= 4 is 31.6 Å². The third kappa shape index (κ3) is 5.22. The number of ether oxygens (including phenoxy) is 1. The molecule has 0 amide bonds. The van der Waals surface area contributed by atoms with Crippen molar-refractivity contribution in [3.05, 3.63) is 78.4 Å². The Bertz CT molecular complexity index is 1450. The summed E-state index contributed by atoms with van der Waals surface area (Å²) < 4.78 is 58.5. The lowest BCUT2D eigenvalue weighted by molar-refractivity contribution is 0.0875. The molecule has 0 unspecified atom stereocenters. The second-order valence-electron chi connectivity index (χ2n) is 8.17. The van der Waals surface area contributed by atoms with Crippen LogP contribution in [-0.4, -0.2) is 41.9 Å². The number of hydrogen-bond donors (Lipinski definition) is 3. The van der Waals surface area contributed by atoms with Crippen molar-refractivity contribution in [2.24, 2.45) is 10.9 Å². The summed E-state index contributed by atoms with van der Waals surface area (Å²) in [6, 6.07) is 18.7. The minimum Gasteiger partial charge on any atom is -0.384 e. The number of nitrogen functional groups attached to an aromatic ring is 1. The summed E-state index contributed by atoms with van der Waals surface area (Å²) >= 11 is 0. The first-order chi connectivity index (χ1) is 16.6. The van der Waals surface area contributed by atoms with E-state index in [0.29, 0.717) is 48.4 Å². The Morgan fingerprint density at radius 2 is 1.57 bits per heavy atom. The van der Waals surface area contributed by atoms with Gasteiger partial charge in [0.25, 0.3) is 10.0 Å². The lowest BCUT2D eigenvalue weighted by atomic mass is 10.0. The van der Waals surface area contributed by atoms with Gasteiger partial charge in [-0.3, -0.25) is 9.71 Å². The summed E-state index contributed by atoms with van der Waals surface area (Å²) in [5.41, 5.74) is 7.33. The predicted octanol–water partition coefficient (Wildman–Crippen LogP) is 2.66. The molecule has 1 saturated heterocycles. The molecule has 35 heavy (non-hydrogen) atoms. The number of sulfonamides is 2. The van der Waals surface area contributed by atoms with E-state index in [-0.39, 0.29) is 21.7 Å². The molecule has 0 atom stereocenters. The highest BCUT2D eigenvalue weighted by Gasteiger charge is 2.33. The number of rotatable bonds is 7. The van der Waals surface area contributed by atoms with Crippen molar-refractivity contribution in [2.75, 3.05) is 17.5 Å². The number of amidine groups is 1. The van der Waals surface area contributed by atoms with E-state index in [2.05, 4.69) is 0 Å². The van der Waals surface area contributed by atoms with Crippen molar-refractivity contribution in [1.29, 1.82) is 5.41 Å². The Hall–Kier alpha value is -3.25. The van der Waals surface area contributed by atoms with E-state index in [1.807, 2.05) is 0 Å². The maximum atomic E-state index is 13.8. The summed E-state index contributed by atoms with van der Waals surface area (Å²) in [5, 5.41) is 13.0. The van der Waals surface area contributed by atoms with Crippen molar-refractivity contribution < 1.29 is 21.6 Å². The molecule has 11 heteroatoms. The van der Waals surface area contributed by atoms with Gasteiger partial charge in [-0.05, 0) is 48.7 Å². The van der Waals surface area contributed by atoms with Gasteiger partial charge < -0.3 is 10.5 Å². The molecule has 0 spiro atoms. The molecule has 0 saturated carbocycles. The maximum absolute atomic E-state index is 13.8. The van der Waals surface area contributed by atoms with Gasteiger partial charge in [0, 0.05) is 30.4 Å². The topological polar surface area (TPSA) is 157 Å². The molecular formula is C24H26N4O5S2. The van der Waals surface area contributed by atoms with E-state index in [0.717, 1.165) is 0 Å². The van der Waals surface area contributed by atoms with Crippen molar-refractivity contribution in [2.45, 2.75) is 28.7 Å². The van der Waals surface area contributed by atoms with E-state index in [4.69, 9.17) is 21.0 Å². The highest BCUT2D eigenvalue weighted by Crippen LogP contribution is 2.33. The first-order valence-electron chi connectivity index (χ1n) is 10.9. The van der Waals surface area contributed by atoms with Crippen LogP contribution in [0.3, 0.4) is 0 Å². The number of primary sulfonamides is 1. The Labute approximate surface area is 204 Å². The van der Waals surface area contributed by atoms with Crippen LogP contribution in [0.4, 0.5) is 5.69 Å². The molecule has 0 radical (unpaired) electrons. The summed E-state index contributed by atoms with van der Waals surface area (Å²) in [6.07, 6.45) is 1.03. The molecule has 1 aliphatic rings. The Morgan fingerprint density at radius 1 is 0.914 bits per heavy atom. The predicted molar refractivity (Wildman–Crippen MR) is 134 cm³/mol. The van der Waals surface area contributed by atoms with Gasteiger partial charge in [0.15, 0.2) is 0 Å². The zero-order valence-electron chi connectivity index (χ0n) is 18.8. The van der Waals surface area contributed by atoms with Crippen LogP contribution in [-0.2, 0) is 24.8 Å². The van der Waals surface area contributed by atoms with Gasteiger partial charge >= 0.3 is 0 Å². The number of anilines is 1. The number of hydrogen-bond acceptors (Lipinski definition) is 6. The number of nitrogens with two attached hydrogens (primary N) is 2. The van der Waals surface area contributed by atoms with Gasteiger partial charge in [0.2, 0.25) is 10.0 Å². The quantitative estimate of drug-likeness (QED) is 0.325. The monoisotopic (exact) mass is 514 g/mol. The van der Waals surface area contributed by atoms with E-state index in [9.17, 15) is 16.8 Å². The average molecular weight is 515 g/mol.